The molecule has 1 atom stereocenters. The molecule has 0 spiro atoms. The van der Waals surface area contributed by atoms with Crippen LogP contribution in [-0.4, -0.2) is 56.0 Å². The molecule has 0 aromatic carbocycles. The number of nitrogens with zero attached hydrogens (tertiary/aromatic N) is 5. The monoisotopic (exact) mass is 330 g/mol. The van der Waals surface area contributed by atoms with Gasteiger partial charge in [0.05, 0.1) is 6.54 Å². The summed E-state index contributed by atoms with van der Waals surface area (Å²) in [5, 5.41) is 17.6. The number of β-amino-alcohol motifs (C(OH)–C–C–N with tert-alkyl or cyclic N) is 1. The number of aromatic nitrogens is 4. The molecule has 1 aliphatic rings. The van der Waals surface area contributed by atoms with Gasteiger partial charge in [-0.3, -0.25) is 9.48 Å². The van der Waals surface area contributed by atoms with E-state index in [0.29, 0.717) is 38.3 Å². The Morgan fingerprint density at radius 3 is 2.88 bits per heavy atom. The van der Waals surface area contributed by atoms with E-state index in [-0.39, 0.29) is 12.5 Å². The normalized spacial score (nSPS) is 20.3. The Labute approximate surface area is 140 Å². The second-order valence-corrected chi connectivity index (χ2v) is 6.17. The van der Waals surface area contributed by atoms with Gasteiger partial charge in [0.15, 0.2) is 0 Å². The van der Waals surface area contributed by atoms with Crippen LogP contribution in [0.15, 0.2) is 30.7 Å². The highest BCUT2D eigenvalue weighted by atomic mass is 16.3. The van der Waals surface area contributed by atoms with Gasteiger partial charge < -0.3 is 15.3 Å². The number of nitrogens with one attached hydrogen (secondary N) is 1. The first-order valence-corrected chi connectivity index (χ1v) is 8.04. The van der Waals surface area contributed by atoms with Gasteiger partial charge in [-0.1, -0.05) is 0 Å². The minimum atomic E-state index is -0.943. The van der Waals surface area contributed by atoms with E-state index in [4.69, 9.17) is 0 Å². The predicted octanol–water partition coefficient (Wildman–Crippen LogP) is -0.0997. The fourth-order valence-corrected chi connectivity index (χ4v) is 2.87. The molecule has 24 heavy (non-hydrogen) atoms. The summed E-state index contributed by atoms with van der Waals surface area (Å²) in [4.78, 5) is 22.3. The Morgan fingerprint density at radius 2 is 2.17 bits per heavy atom. The van der Waals surface area contributed by atoms with Gasteiger partial charge in [0.2, 0.25) is 11.9 Å². The number of aliphatic hydroxyl groups is 1. The van der Waals surface area contributed by atoms with E-state index >= 15 is 0 Å². The highest BCUT2D eigenvalue weighted by Gasteiger charge is 2.37. The summed E-state index contributed by atoms with van der Waals surface area (Å²) in [7, 11) is 1.86. The number of carbonyl (C=O) groups is 1. The molecule has 3 heterocycles. The largest absolute Gasteiger partial charge is 0.386 e. The van der Waals surface area contributed by atoms with Gasteiger partial charge in [-0.15, -0.1) is 0 Å². The minimum absolute atomic E-state index is 0.0703. The summed E-state index contributed by atoms with van der Waals surface area (Å²) >= 11 is 0. The molecule has 0 radical (unpaired) electrons. The second kappa shape index (κ2) is 6.96. The van der Waals surface area contributed by atoms with Crippen LogP contribution >= 0.6 is 0 Å². The third kappa shape index (κ3) is 3.88. The van der Waals surface area contributed by atoms with Crippen LogP contribution in [0, 0.1) is 0 Å². The van der Waals surface area contributed by atoms with Crippen molar-refractivity contribution < 1.29 is 9.90 Å². The molecule has 1 saturated heterocycles. The summed E-state index contributed by atoms with van der Waals surface area (Å²) < 4.78 is 1.76. The Bertz CT molecular complexity index is 689. The topological polar surface area (TPSA) is 96.2 Å². The summed E-state index contributed by atoms with van der Waals surface area (Å²) in [6, 6.07) is 3.66. The quantitative estimate of drug-likeness (QED) is 0.768. The van der Waals surface area contributed by atoms with Crippen molar-refractivity contribution in [1.29, 1.82) is 0 Å². The van der Waals surface area contributed by atoms with Crippen LogP contribution in [0.2, 0.25) is 0 Å². The number of amides is 1. The van der Waals surface area contributed by atoms with Crippen molar-refractivity contribution in [3.63, 3.8) is 0 Å². The van der Waals surface area contributed by atoms with Gasteiger partial charge in [-0.2, -0.15) is 5.10 Å². The number of carbonyl (C=O) groups excluding carboxylic acids is 1. The van der Waals surface area contributed by atoms with Crippen molar-refractivity contribution in [3.05, 3.63) is 36.4 Å². The van der Waals surface area contributed by atoms with Crippen molar-refractivity contribution in [2.24, 2.45) is 7.05 Å². The number of anilines is 1. The zero-order valence-corrected chi connectivity index (χ0v) is 13.7. The lowest BCUT2D eigenvalue weighted by molar-refractivity contribution is -0.122. The lowest BCUT2D eigenvalue weighted by Gasteiger charge is -2.23. The van der Waals surface area contributed by atoms with Gasteiger partial charge in [0.1, 0.15) is 5.60 Å². The number of hydrogen-bond donors (Lipinski definition) is 2. The van der Waals surface area contributed by atoms with Crippen LogP contribution in [0.3, 0.4) is 0 Å². The molecule has 1 aliphatic heterocycles. The molecule has 2 N–H and O–H groups in total. The van der Waals surface area contributed by atoms with Crippen LogP contribution in [0.4, 0.5) is 5.95 Å². The molecular weight excluding hydrogens is 308 g/mol. The lowest BCUT2D eigenvalue weighted by Crippen LogP contribution is -2.45. The molecule has 2 aromatic heterocycles. The molecule has 2 aromatic rings. The fraction of sp³-hybridized carbons (Fsp3) is 0.500. The Morgan fingerprint density at radius 1 is 1.38 bits per heavy atom. The van der Waals surface area contributed by atoms with E-state index in [9.17, 15) is 9.90 Å². The van der Waals surface area contributed by atoms with Gasteiger partial charge in [-0.25, -0.2) is 9.97 Å². The summed E-state index contributed by atoms with van der Waals surface area (Å²) in [6.07, 6.45) is 6.66. The molecule has 8 heteroatoms. The van der Waals surface area contributed by atoms with E-state index in [1.165, 1.54) is 0 Å². The molecule has 0 aliphatic carbocycles. The van der Waals surface area contributed by atoms with Gasteiger partial charge >= 0.3 is 0 Å². The molecule has 8 nitrogen and oxygen atoms in total. The zero-order valence-electron chi connectivity index (χ0n) is 13.7. The summed E-state index contributed by atoms with van der Waals surface area (Å²) in [6.45, 7) is 1.32. The van der Waals surface area contributed by atoms with Crippen molar-refractivity contribution in [1.82, 2.24) is 25.1 Å². The van der Waals surface area contributed by atoms with Crippen molar-refractivity contribution in [2.75, 3.05) is 24.5 Å². The van der Waals surface area contributed by atoms with Crippen LogP contribution in [-0.2, 0) is 18.3 Å². The fourth-order valence-electron chi connectivity index (χ4n) is 2.87. The molecule has 3 rings (SSSR count). The van der Waals surface area contributed by atoms with Crippen LogP contribution in [0.5, 0.6) is 0 Å². The first-order valence-electron chi connectivity index (χ1n) is 8.04. The minimum Gasteiger partial charge on any atom is -0.386 e. The smallest absolute Gasteiger partial charge is 0.225 e. The molecule has 1 fully saturated rings. The second-order valence-electron chi connectivity index (χ2n) is 6.17. The first-order chi connectivity index (χ1) is 11.6. The highest BCUT2D eigenvalue weighted by Crippen LogP contribution is 2.23. The van der Waals surface area contributed by atoms with Crippen molar-refractivity contribution >= 4 is 11.9 Å². The highest BCUT2D eigenvalue weighted by molar-refractivity contribution is 5.76. The third-order valence-electron chi connectivity index (χ3n) is 4.31. The van der Waals surface area contributed by atoms with E-state index in [0.717, 1.165) is 5.69 Å². The van der Waals surface area contributed by atoms with Crippen LogP contribution in [0.1, 0.15) is 18.5 Å². The van der Waals surface area contributed by atoms with Gasteiger partial charge in [-0.05, 0) is 25.0 Å². The van der Waals surface area contributed by atoms with E-state index in [2.05, 4.69) is 20.4 Å². The maximum Gasteiger partial charge on any atom is 0.225 e. The van der Waals surface area contributed by atoms with Crippen LogP contribution < -0.4 is 10.2 Å². The van der Waals surface area contributed by atoms with E-state index in [1.807, 2.05) is 18.0 Å². The predicted molar refractivity (Wildman–Crippen MR) is 88.4 cm³/mol. The number of hydrogen-bond acceptors (Lipinski definition) is 6. The lowest BCUT2D eigenvalue weighted by atomic mass is 10.0. The SMILES string of the molecule is Cn1nccc1CCC(=O)NC[C@@]1(O)CCN(c2ncccn2)C1. The maximum absolute atomic E-state index is 12.0. The van der Waals surface area contributed by atoms with Crippen molar-refractivity contribution in [3.8, 4) is 0 Å². The average Bonchev–Trinajstić information content (AvgIpc) is 3.18. The average molecular weight is 330 g/mol. The Hall–Kier alpha value is -2.48. The third-order valence-corrected chi connectivity index (χ3v) is 4.31. The zero-order chi connectivity index (χ0) is 17.0. The summed E-state index contributed by atoms with van der Waals surface area (Å²) in [5.74, 6) is 0.537. The van der Waals surface area contributed by atoms with Gasteiger partial charge in [0, 0.05) is 50.8 Å². The summed E-state index contributed by atoms with van der Waals surface area (Å²) in [5.41, 5.74) is 0.0682. The first kappa shape index (κ1) is 16.4. The number of rotatable bonds is 6. The number of aryl methyl sites for hydroxylation is 2. The molecule has 1 amide bonds. The Balaban J connectivity index is 1.46. The van der Waals surface area contributed by atoms with E-state index in [1.54, 1.807) is 29.3 Å². The van der Waals surface area contributed by atoms with Gasteiger partial charge in [0.25, 0.3) is 0 Å². The standard InChI is InChI=1S/C16H22N6O2/c1-21-13(5-9-20-21)3-4-14(23)19-11-16(24)6-10-22(12-16)15-17-7-2-8-18-15/h2,5,7-9,24H,3-4,6,10-12H2,1H3,(H,19,23)/t16-/m0/s1. The van der Waals surface area contributed by atoms with E-state index < -0.39 is 5.60 Å². The van der Waals surface area contributed by atoms with Crippen molar-refractivity contribution in [2.45, 2.75) is 24.9 Å². The molecule has 0 bridgehead atoms. The molecular formula is C16H22N6O2. The molecule has 0 saturated carbocycles. The molecule has 0 unspecified atom stereocenters. The Kier molecular flexibility index (Phi) is 4.75. The van der Waals surface area contributed by atoms with Crippen LogP contribution in [0.25, 0.3) is 0 Å². The molecule has 128 valence electrons. The maximum atomic E-state index is 12.0.